The molecule has 0 aliphatic heterocycles. The van der Waals surface area contributed by atoms with Crippen LogP contribution in [0.1, 0.15) is 97.7 Å². The fraction of sp³-hybridized carbons (Fsp3) is 0.667. The van der Waals surface area contributed by atoms with Crippen LogP contribution in [-0.4, -0.2) is 47.0 Å². The number of unbranched alkanes of at least 4 members (excludes halogenated alkanes) is 4. The van der Waals surface area contributed by atoms with E-state index < -0.39 is 23.8 Å². The number of alkyl carbamates (subject to hydrolysis) is 1. The Morgan fingerprint density at radius 3 is 2.21 bits per heavy atom. The molecular formula is C27H45N3O4. The van der Waals surface area contributed by atoms with E-state index in [-0.39, 0.29) is 17.9 Å². The van der Waals surface area contributed by atoms with Gasteiger partial charge in [0.05, 0.1) is 0 Å². The molecule has 2 atom stereocenters. The lowest BCUT2D eigenvalue weighted by molar-refractivity contribution is -0.142. The Kier molecular flexibility index (Phi) is 12.1. The van der Waals surface area contributed by atoms with Gasteiger partial charge in [0.15, 0.2) is 0 Å². The van der Waals surface area contributed by atoms with Crippen LogP contribution in [0.3, 0.4) is 0 Å². The third-order valence-corrected chi connectivity index (χ3v) is 5.24. The maximum Gasteiger partial charge on any atom is 0.408 e. The number of hydrogen-bond donors (Lipinski definition) is 2. The van der Waals surface area contributed by atoms with Crippen LogP contribution in [0.2, 0.25) is 0 Å². The quantitative estimate of drug-likeness (QED) is 0.403. The molecule has 0 heterocycles. The van der Waals surface area contributed by atoms with Gasteiger partial charge in [-0.3, -0.25) is 9.59 Å². The zero-order valence-corrected chi connectivity index (χ0v) is 22.4. The van der Waals surface area contributed by atoms with E-state index in [1.165, 1.54) is 0 Å². The first-order chi connectivity index (χ1) is 15.9. The number of nitrogens with one attached hydrogen (secondary N) is 2. The molecule has 0 aromatic heterocycles. The summed E-state index contributed by atoms with van der Waals surface area (Å²) in [7, 11) is 0. The molecule has 0 aliphatic carbocycles. The van der Waals surface area contributed by atoms with E-state index >= 15 is 0 Å². The summed E-state index contributed by atoms with van der Waals surface area (Å²) in [4.78, 5) is 40.9. The van der Waals surface area contributed by atoms with Gasteiger partial charge in [0.1, 0.15) is 17.7 Å². The first-order valence-corrected chi connectivity index (χ1v) is 12.5. The fourth-order valence-corrected chi connectivity index (χ4v) is 3.72. The number of ether oxygens (including phenoxy) is 1. The van der Waals surface area contributed by atoms with Crippen molar-refractivity contribution in [3.8, 4) is 0 Å². The lowest BCUT2D eigenvalue weighted by Crippen LogP contribution is -2.52. The van der Waals surface area contributed by atoms with Crippen molar-refractivity contribution in [3.63, 3.8) is 0 Å². The third kappa shape index (κ3) is 10.6. The van der Waals surface area contributed by atoms with Crippen molar-refractivity contribution in [2.75, 3.05) is 6.54 Å². The zero-order chi connectivity index (χ0) is 25.9. The number of carbonyl (C=O) groups excluding carboxylic acids is 3. The summed E-state index contributed by atoms with van der Waals surface area (Å²) in [6.07, 6.45) is 4.44. The summed E-state index contributed by atoms with van der Waals surface area (Å²) in [5.41, 5.74) is 1.09. The van der Waals surface area contributed by atoms with Gasteiger partial charge in [0.2, 0.25) is 11.8 Å². The summed E-state index contributed by atoms with van der Waals surface area (Å²) in [5.74, 6) is -0.543. The second-order valence-corrected chi connectivity index (χ2v) is 10.3. The van der Waals surface area contributed by atoms with Crippen molar-refractivity contribution in [3.05, 3.63) is 35.4 Å². The molecular weight excluding hydrogens is 430 g/mol. The van der Waals surface area contributed by atoms with E-state index in [1.54, 1.807) is 32.6 Å². The smallest absolute Gasteiger partial charge is 0.408 e. The lowest BCUT2D eigenvalue weighted by atomic mass is 10.00. The molecule has 1 aromatic carbocycles. The van der Waals surface area contributed by atoms with E-state index in [0.717, 1.165) is 43.2 Å². The highest BCUT2D eigenvalue weighted by Crippen LogP contribution is 2.25. The fourth-order valence-electron chi connectivity index (χ4n) is 3.72. The van der Waals surface area contributed by atoms with Crippen LogP contribution in [0.4, 0.5) is 4.79 Å². The number of rotatable bonds is 12. The number of benzene rings is 1. The lowest BCUT2D eigenvalue weighted by Gasteiger charge is -2.34. The molecule has 7 nitrogen and oxygen atoms in total. The molecule has 0 fully saturated rings. The van der Waals surface area contributed by atoms with Gasteiger partial charge in [-0.1, -0.05) is 62.4 Å². The Balaban J connectivity index is 3.25. The highest BCUT2D eigenvalue weighted by Gasteiger charge is 2.34. The maximum atomic E-state index is 13.6. The normalized spacial score (nSPS) is 13.2. The molecule has 0 bridgehead atoms. The predicted octanol–water partition coefficient (Wildman–Crippen LogP) is 5.27. The largest absolute Gasteiger partial charge is 0.444 e. The van der Waals surface area contributed by atoms with Crippen molar-refractivity contribution in [1.82, 2.24) is 15.5 Å². The van der Waals surface area contributed by atoms with E-state index in [1.807, 2.05) is 45.0 Å². The van der Waals surface area contributed by atoms with Crippen molar-refractivity contribution >= 4 is 17.9 Å². The Morgan fingerprint density at radius 1 is 1.00 bits per heavy atom. The average Bonchev–Trinajstić information content (AvgIpc) is 2.70. The molecule has 0 radical (unpaired) electrons. The zero-order valence-electron chi connectivity index (χ0n) is 22.4. The SMILES string of the molecule is CCCCCCCN(C(=O)C(C)NC(=O)OC(C)(C)C)C(C(=O)NC(C)C)c1cccc(C)c1. The van der Waals surface area contributed by atoms with Gasteiger partial charge in [-0.25, -0.2) is 4.79 Å². The van der Waals surface area contributed by atoms with Crippen molar-refractivity contribution in [2.24, 2.45) is 0 Å². The Bertz CT molecular complexity index is 801. The summed E-state index contributed by atoms with van der Waals surface area (Å²) in [5, 5.41) is 5.61. The van der Waals surface area contributed by atoms with E-state index in [2.05, 4.69) is 17.6 Å². The minimum absolute atomic E-state index is 0.0707. The molecule has 0 saturated carbocycles. The van der Waals surface area contributed by atoms with Gasteiger partial charge in [-0.2, -0.15) is 0 Å². The van der Waals surface area contributed by atoms with Crippen LogP contribution in [0.25, 0.3) is 0 Å². The highest BCUT2D eigenvalue weighted by atomic mass is 16.6. The molecule has 1 aromatic rings. The van der Waals surface area contributed by atoms with Gasteiger partial charge in [0, 0.05) is 12.6 Å². The molecule has 0 saturated heterocycles. The Hall–Kier alpha value is -2.57. The molecule has 2 unspecified atom stereocenters. The Labute approximate surface area is 206 Å². The standard InChI is InChI=1S/C27H45N3O4/c1-9-10-11-12-13-17-30(25(32)21(5)29-26(33)34-27(6,7)8)23(24(31)28-19(2)3)22-16-14-15-20(4)18-22/h14-16,18-19,21,23H,9-13,17H2,1-8H3,(H,28,31)(H,29,33). The molecule has 1 rings (SSSR count). The Morgan fingerprint density at radius 2 is 1.65 bits per heavy atom. The summed E-state index contributed by atoms with van der Waals surface area (Å²) in [6.45, 7) is 15.3. The number of aryl methyl sites for hydroxylation is 1. The van der Waals surface area contributed by atoms with Crippen LogP contribution in [0.5, 0.6) is 0 Å². The van der Waals surface area contributed by atoms with Crippen molar-refractivity contribution in [1.29, 1.82) is 0 Å². The summed E-state index contributed by atoms with van der Waals surface area (Å²) >= 11 is 0. The topological polar surface area (TPSA) is 87.7 Å². The molecule has 0 aliphatic rings. The first-order valence-electron chi connectivity index (χ1n) is 12.5. The van der Waals surface area contributed by atoms with E-state index in [4.69, 9.17) is 4.74 Å². The average molecular weight is 476 g/mol. The van der Waals surface area contributed by atoms with Gasteiger partial charge in [-0.15, -0.1) is 0 Å². The van der Waals surface area contributed by atoms with Crippen LogP contribution >= 0.6 is 0 Å². The van der Waals surface area contributed by atoms with Gasteiger partial charge in [-0.05, 0) is 60.5 Å². The predicted molar refractivity (Wildman–Crippen MR) is 137 cm³/mol. The highest BCUT2D eigenvalue weighted by molar-refractivity contribution is 5.92. The van der Waals surface area contributed by atoms with E-state index in [9.17, 15) is 14.4 Å². The third-order valence-electron chi connectivity index (χ3n) is 5.24. The molecule has 34 heavy (non-hydrogen) atoms. The number of amides is 3. The molecule has 192 valence electrons. The number of carbonyl (C=O) groups is 3. The second-order valence-electron chi connectivity index (χ2n) is 10.3. The molecule has 3 amide bonds. The van der Waals surface area contributed by atoms with Gasteiger partial charge >= 0.3 is 6.09 Å². The van der Waals surface area contributed by atoms with Crippen LogP contribution in [0.15, 0.2) is 24.3 Å². The van der Waals surface area contributed by atoms with Crippen LogP contribution in [-0.2, 0) is 14.3 Å². The molecule has 7 heteroatoms. The monoisotopic (exact) mass is 475 g/mol. The van der Waals surface area contributed by atoms with Crippen molar-refractivity contribution < 1.29 is 19.1 Å². The van der Waals surface area contributed by atoms with Gasteiger partial charge in [0.25, 0.3) is 0 Å². The molecule has 0 spiro atoms. The number of nitrogens with zero attached hydrogens (tertiary/aromatic N) is 1. The minimum atomic E-state index is -0.843. The second kappa shape index (κ2) is 14.0. The van der Waals surface area contributed by atoms with Crippen LogP contribution < -0.4 is 10.6 Å². The van der Waals surface area contributed by atoms with Gasteiger partial charge < -0.3 is 20.3 Å². The minimum Gasteiger partial charge on any atom is -0.444 e. The summed E-state index contributed by atoms with van der Waals surface area (Å²) in [6, 6.07) is 5.97. The van der Waals surface area contributed by atoms with E-state index in [0.29, 0.717) is 6.54 Å². The summed E-state index contributed by atoms with van der Waals surface area (Å²) < 4.78 is 5.32. The number of hydrogen-bond acceptors (Lipinski definition) is 4. The molecule has 2 N–H and O–H groups in total. The van der Waals surface area contributed by atoms with Crippen molar-refractivity contribution in [2.45, 2.75) is 111 Å². The maximum absolute atomic E-state index is 13.6. The first kappa shape index (κ1) is 29.5. The van der Waals surface area contributed by atoms with Crippen LogP contribution in [0, 0.1) is 6.92 Å².